The molecular weight excluding hydrogens is 262 g/mol. The summed E-state index contributed by atoms with van der Waals surface area (Å²) in [4.78, 5) is 17.8. The fourth-order valence-corrected chi connectivity index (χ4v) is 2.06. The van der Waals surface area contributed by atoms with Crippen LogP contribution < -0.4 is 4.90 Å². The number of rotatable bonds is 5. The average Bonchev–Trinajstić information content (AvgIpc) is 2.54. The standard InChI is InChI=1S/C17H17N3O/c1-3-17(21)16-8-7-15(11-19-16)20(2)12-14-6-4-5-13(9-14)10-18/h4-9,11H,3,12H2,1-2H3. The van der Waals surface area contributed by atoms with Crippen LogP contribution in [-0.2, 0) is 6.54 Å². The van der Waals surface area contributed by atoms with Crippen LogP contribution in [-0.4, -0.2) is 17.8 Å². The number of carbonyl (C=O) groups is 1. The Morgan fingerprint density at radius 2 is 2.14 bits per heavy atom. The molecule has 0 bridgehead atoms. The Labute approximate surface area is 124 Å². The van der Waals surface area contributed by atoms with Crippen molar-refractivity contribution in [2.24, 2.45) is 0 Å². The van der Waals surface area contributed by atoms with Crippen molar-refractivity contribution >= 4 is 11.5 Å². The SMILES string of the molecule is CCC(=O)c1ccc(N(C)Cc2cccc(C#N)c2)cn1. The van der Waals surface area contributed by atoms with Gasteiger partial charge in [0.1, 0.15) is 5.69 Å². The normalized spacial score (nSPS) is 9.95. The molecule has 0 aliphatic carbocycles. The molecule has 1 aromatic heterocycles. The molecular formula is C17H17N3O. The van der Waals surface area contributed by atoms with Gasteiger partial charge in [0.25, 0.3) is 0 Å². The van der Waals surface area contributed by atoms with Crippen molar-refractivity contribution < 1.29 is 4.79 Å². The van der Waals surface area contributed by atoms with Gasteiger partial charge in [0.15, 0.2) is 5.78 Å². The first-order chi connectivity index (χ1) is 10.1. The Bertz CT molecular complexity index is 671. The molecule has 4 nitrogen and oxygen atoms in total. The first-order valence-electron chi connectivity index (χ1n) is 6.83. The molecule has 0 aliphatic rings. The number of nitrogens with zero attached hydrogens (tertiary/aromatic N) is 3. The number of aromatic nitrogens is 1. The highest BCUT2D eigenvalue weighted by molar-refractivity contribution is 5.94. The summed E-state index contributed by atoms with van der Waals surface area (Å²) in [6, 6.07) is 13.3. The minimum Gasteiger partial charge on any atom is -0.369 e. The summed E-state index contributed by atoms with van der Waals surface area (Å²) in [5, 5.41) is 8.91. The van der Waals surface area contributed by atoms with Gasteiger partial charge >= 0.3 is 0 Å². The Hall–Kier alpha value is -2.67. The maximum atomic E-state index is 11.5. The molecule has 21 heavy (non-hydrogen) atoms. The van der Waals surface area contributed by atoms with E-state index in [2.05, 4.69) is 11.1 Å². The van der Waals surface area contributed by atoms with Crippen molar-refractivity contribution in [3.63, 3.8) is 0 Å². The Morgan fingerprint density at radius 3 is 2.76 bits per heavy atom. The summed E-state index contributed by atoms with van der Waals surface area (Å²) in [6.45, 7) is 2.50. The molecule has 0 spiro atoms. The highest BCUT2D eigenvalue weighted by Gasteiger charge is 2.07. The van der Waals surface area contributed by atoms with Gasteiger partial charge in [0.05, 0.1) is 23.5 Å². The monoisotopic (exact) mass is 279 g/mol. The quantitative estimate of drug-likeness (QED) is 0.789. The number of carbonyl (C=O) groups excluding carboxylic acids is 1. The van der Waals surface area contributed by atoms with E-state index in [1.165, 1.54) is 0 Å². The van der Waals surface area contributed by atoms with E-state index >= 15 is 0 Å². The van der Waals surface area contributed by atoms with Gasteiger partial charge in [0.2, 0.25) is 0 Å². The zero-order valence-electron chi connectivity index (χ0n) is 12.2. The lowest BCUT2D eigenvalue weighted by atomic mass is 10.1. The lowest BCUT2D eigenvalue weighted by Crippen LogP contribution is -2.17. The number of nitriles is 1. The number of hydrogen-bond acceptors (Lipinski definition) is 4. The molecule has 4 heteroatoms. The molecule has 2 aromatic rings. The molecule has 0 unspecified atom stereocenters. The second-order valence-electron chi connectivity index (χ2n) is 4.85. The summed E-state index contributed by atoms with van der Waals surface area (Å²) in [5.41, 5.74) is 3.15. The molecule has 0 saturated carbocycles. The molecule has 0 saturated heterocycles. The van der Waals surface area contributed by atoms with Crippen molar-refractivity contribution in [2.45, 2.75) is 19.9 Å². The predicted octanol–water partition coefficient (Wildman–Crippen LogP) is 3.18. The van der Waals surface area contributed by atoms with Crippen molar-refractivity contribution in [3.8, 4) is 6.07 Å². The van der Waals surface area contributed by atoms with Crippen LogP contribution in [0.25, 0.3) is 0 Å². The van der Waals surface area contributed by atoms with Gasteiger partial charge in [0, 0.05) is 20.0 Å². The minimum absolute atomic E-state index is 0.0472. The topological polar surface area (TPSA) is 57.0 Å². The van der Waals surface area contributed by atoms with Gasteiger partial charge in [-0.05, 0) is 29.8 Å². The number of pyridine rings is 1. The molecule has 2 rings (SSSR count). The summed E-state index contributed by atoms with van der Waals surface area (Å²) >= 11 is 0. The Kier molecular flexibility index (Phi) is 4.68. The fraction of sp³-hybridized carbons (Fsp3) is 0.235. The van der Waals surface area contributed by atoms with E-state index in [4.69, 9.17) is 5.26 Å². The van der Waals surface area contributed by atoms with E-state index in [1.54, 1.807) is 18.3 Å². The van der Waals surface area contributed by atoms with E-state index in [0.29, 0.717) is 24.2 Å². The summed E-state index contributed by atoms with van der Waals surface area (Å²) in [6.07, 6.45) is 2.17. The summed E-state index contributed by atoms with van der Waals surface area (Å²) in [5.74, 6) is 0.0472. The zero-order valence-corrected chi connectivity index (χ0v) is 12.2. The van der Waals surface area contributed by atoms with Crippen LogP contribution in [0.15, 0.2) is 42.6 Å². The fourth-order valence-electron chi connectivity index (χ4n) is 2.06. The largest absolute Gasteiger partial charge is 0.369 e. The van der Waals surface area contributed by atoms with Crippen molar-refractivity contribution in [1.29, 1.82) is 5.26 Å². The molecule has 0 atom stereocenters. The maximum absolute atomic E-state index is 11.5. The first-order valence-corrected chi connectivity index (χ1v) is 6.83. The van der Waals surface area contributed by atoms with Crippen molar-refractivity contribution in [1.82, 2.24) is 4.98 Å². The van der Waals surface area contributed by atoms with E-state index in [-0.39, 0.29) is 5.78 Å². The number of benzene rings is 1. The van der Waals surface area contributed by atoms with E-state index in [9.17, 15) is 4.79 Å². The smallest absolute Gasteiger partial charge is 0.180 e. The Balaban J connectivity index is 2.11. The number of Topliss-reactive ketones (excluding diaryl/α,β-unsaturated/α-hetero) is 1. The second kappa shape index (κ2) is 6.67. The van der Waals surface area contributed by atoms with Crippen LogP contribution in [0.3, 0.4) is 0 Å². The van der Waals surface area contributed by atoms with Gasteiger partial charge < -0.3 is 4.90 Å². The van der Waals surface area contributed by atoms with Gasteiger partial charge in [-0.1, -0.05) is 19.1 Å². The minimum atomic E-state index is 0.0472. The molecule has 0 fully saturated rings. The van der Waals surface area contributed by atoms with E-state index < -0.39 is 0 Å². The number of anilines is 1. The highest BCUT2D eigenvalue weighted by Crippen LogP contribution is 2.16. The third kappa shape index (κ3) is 3.67. The average molecular weight is 279 g/mol. The summed E-state index contributed by atoms with van der Waals surface area (Å²) in [7, 11) is 1.96. The van der Waals surface area contributed by atoms with Gasteiger partial charge in [-0.2, -0.15) is 5.26 Å². The van der Waals surface area contributed by atoms with Crippen LogP contribution in [0.1, 0.15) is 35.0 Å². The number of ketones is 1. The first kappa shape index (κ1) is 14.7. The maximum Gasteiger partial charge on any atom is 0.180 e. The molecule has 106 valence electrons. The third-order valence-electron chi connectivity index (χ3n) is 3.27. The lowest BCUT2D eigenvalue weighted by molar-refractivity contribution is 0.0983. The third-order valence-corrected chi connectivity index (χ3v) is 3.27. The van der Waals surface area contributed by atoms with Crippen LogP contribution in [0.4, 0.5) is 5.69 Å². The van der Waals surface area contributed by atoms with Crippen LogP contribution in [0.2, 0.25) is 0 Å². The van der Waals surface area contributed by atoms with Crippen molar-refractivity contribution in [2.75, 3.05) is 11.9 Å². The highest BCUT2D eigenvalue weighted by atomic mass is 16.1. The van der Waals surface area contributed by atoms with Crippen LogP contribution in [0.5, 0.6) is 0 Å². The molecule has 1 heterocycles. The second-order valence-corrected chi connectivity index (χ2v) is 4.85. The van der Waals surface area contributed by atoms with Crippen molar-refractivity contribution in [3.05, 3.63) is 59.4 Å². The van der Waals surface area contributed by atoms with Gasteiger partial charge in [-0.25, -0.2) is 0 Å². The zero-order chi connectivity index (χ0) is 15.2. The molecule has 0 radical (unpaired) electrons. The predicted molar refractivity (Wildman–Crippen MR) is 82.1 cm³/mol. The molecule has 1 aromatic carbocycles. The van der Waals surface area contributed by atoms with Crippen LogP contribution >= 0.6 is 0 Å². The van der Waals surface area contributed by atoms with Gasteiger partial charge in [-0.15, -0.1) is 0 Å². The summed E-state index contributed by atoms with van der Waals surface area (Å²) < 4.78 is 0. The lowest BCUT2D eigenvalue weighted by Gasteiger charge is -2.19. The Morgan fingerprint density at radius 1 is 1.33 bits per heavy atom. The molecule has 0 N–H and O–H groups in total. The van der Waals surface area contributed by atoms with E-state index in [1.807, 2.05) is 43.1 Å². The van der Waals surface area contributed by atoms with E-state index in [0.717, 1.165) is 11.3 Å². The number of hydrogen-bond donors (Lipinski definition) is 0. The van der Waals surface area contributed by atoms with Gasteiger partial charge in [-0.3, -0.25) is 9.78 Å². The van der Waals surface area contributed by atoms with Crippen LogP contribution in [0, 0.1) is 11.3 Å². The molecule has 0 aliphatic heterocycles. The molecule has 0 amide bonds.